The van der Waals surface area contributed by atoms with Crippen LogP contribution in [0.2, 0.25) is 0 Å². The number of benzene rings is 1. The fraction of sp³-hybridized carbons (Fsp3) is 0.389. The molecule has 0 unspecified atom stereocenters. The van der Waals surface area contributed by atoms with Gasteiger partial charge >= 0.3 is 0 Å². The van der Waals surface area contributed by atoms with Gasteiger partial charge in [0.15, 0.2) is 15.8 Å². The number of nitrogens with one attached hydrogen (secondary N) is 2. The lowest BCUT2D eigenvalue weighted by Gasteiger charge is -2.14. The van der Waals surface area contributed by atoms with Gasteiger partial charge < -0.3 is 10.6 Å². The van der Waals surface area contributed by atoms with Gasteiger partial charge in [-0.25, -0.2) is 12.8 Å². The van der Waals surface area contributed by atoms with Crippen LogP contribution in [-0.2, 0) is 35.1 Å². The number of hydrogen-bond acceptors (Lipinski definition) is 4. The summed E-state index contributed by atoms with van der Waals surface area (Å²) in [5.74, 6) is 0.0596. The average Bonchev–Trinajstić information content (AvgIpc) is 3.04. The van der Waals surface area contributed by atoms with Crippen molar-refractivity contribution >= 4 is 51.1 Å². The summed E-state index contributed by atoms with van der Waals surface area (Å²) in [6.07, 6.45) is 2.18. The maximum atomic E-state index is 13.6. The van der Waals surface area contributed by atoms with Crippen molar-refractivity contribution < 1.29 is 12.8 Å². The molecule has 0 aliphatic rings. The minimum Gasteiger partial charge on any atom is -0.352 e. The molecule has 27 heavy (non-hydrogen) atoms. The highest BCUT2D eigenvalue weighted by Crippen LogP contribution is 2.17. The molecule has 0 bridgehead atoms. The first-order valence-corrected chi connectivity index (χ1v) is 11.2. The first-order valence-electron chi connectivity index (χ1n) is 8.28. The largest absolute Gasteiger partial charge is 0.352 e. The Morgan fingerprint density at radius 1 is 1.11 bits per heavy atom. The molecule has 9 heteroatoms. The molecular formula is C18H25FIN3O2S2. The topological polar surface area (TPSA) is 70.6 Å². The van der Waals surface area contributed by atoms with Crippen LogP contribution in [0.5, 0.6) is 0 Å². The first kappa shape index (κ1) is 23.8. The minimum atomic E-state index is -3.20. The van der Waals surface area contributed by atoms with Gasteiger partial charge in [0.05, 0.1) is 12.3 Å². The monoisotopic (exact) mass is 525 g/mol. The zero-order valence-electron chi connectivity index (χ0n) is 15.6. The number of halogens is 2. The maximum Gasteiger partial charge on any atom is 0.191 e. The number of nitrogens with zero attached hydrogens (tertiary/aromatic N) is 1. The Kier molecular flexibility index (Phi) is 9.68. The van der Waals surface area contributed by atoms with Crippen LogP contribution in [-0.4, -0.2) is 27.7 Å². The molecule has 1 heterocycles. The van der Waals surface area contributed by atoms with Crippen molar-refractivity contribution in [3.8, 4) is 0 Å². The molecule has 5 nitrogen and oxygen atoms in total. The number of aliphatic imine (C=N–C) groups is 1. The number of rotatable bonds is 7. The highest BCUT2D eigenvalue weighted by Gasteiger charge is 2.11. The van der Waals surface area contributed by atoms with Crippen LogP contribution in [0.3, 0.4) is 0 Å². The zero-order valence-corrected chi connectivity index (χ0v) is 19.5. The first-order chi connectivity index (χ1) is 12.3. The molecule has 0 saturated carbocycles. The van der Waals surface area contributed by atoms with Gasteiger partial charge in [0.1, 0.15) is 5.82 Å². The molecule has 0 fully saturated rings. The van der Waals surface area contributed by atoms with Crippen molar-refractivity contribution in [2.75, 3.05) is 13.3 Å². The molecule has 0 aliphatic heterocycles. The highest BCUT2D eigenvalue weighted by atomic mass is 127. The Balaban J connectivity index is 0.00000364. The standard InChI is InChI=1S/C18H24FN3O2S2.HI/c1-4-16-7-8-17(25-16)11-22-18(20-2)21-10-14-9-15(19)6-5-13(14)12-26(3,23)24;/h5-9H,4,10-12H2,1-3H3,(H2,20,21,22);1H. The average molecular weight is 525 g/mol. The molecular weight excluding hydrogens is 500 g/mol. The van der Waals surface area contributed by atoms with Crippen LogP contribution < -0.4 is 10.6 Å². The third-order valence-electron chi connectivity index (χ3n) is 3.75. The quantitative estimate of drug-likeness (QED) is 0.330. The Morgan fingerprint density at radius 3 is 2.37 bits per heavy atom. The lowest BCUT2D eigenvalue weighted by molar-refractivity contribution is 0.599. The molecule has 0 radical (unpaired) electrons. The molecule has 0 amide bonds. The Hall–Kier alpha value is -1.20. The van der Waals surface area contributed by atoms with E-state index in [0.717, 1.165) is 6.42 Å². The third-order valence-corrected chi connectivity index (χ3v) is 5.82. The van der Waals surface area contributed by atoms with Gasteiger partial charge in [-0.15, -0.1) is 35.3 Å². The van der Waals surface area contributed by atoms with E-state index in [1.807, 2.05) is 0 Å². The summed E-state index contributed by atoms with van der Waals surface area (Å²) in [7, 11) is -1.54. The van der Waals surface area contributed by atoms with E-state index in [1.165, 1.54) is 34.2 Å². The number of hydrogen-bond donors (Lipinski definition) is 2. The number of aryl methyl sites for hydroxylation is 1. The van der Waals surface area contributed by atoms with Crippen molar-refractivity contribution in [1.29, 1.82) is 0 Å². The van der Waals surface area contributed by atoms with E-state index in [9.17, 15) is 12.8 Å². The van der Waals surface area contributed by atoms with E-state index in [2.05, 4.69) is 34.7 Å². The Labute approximate surface area is 181 Å². The number of thiophene rings is 1. The molecule has 1 aromatic heterocycles. The highest BCUT2D eigenvalue weighted by molar-refractivity contribution is 14.0. The van der Waals surface area contributed by atoms with Crippen molar-refractivity contribution in [1.82, 2.24) is 10.6 Å². The molecule has 0 aliphatic carbocycles. The van der Waals surface area contributed by atoms with Crippen molar-refractivity contribution in [3.63, 3.8) is 0 Å². The van der Waals surface area contributed by atoms with Crippen molar-refractivity contribution in [2.24, 2.45) is 4.99 Å². The fourth-order valence-electron chi connectivity index (χ4n) is 2.46. The van der Waals surface area contributed by atoms with E-state index in [4.69, 9.17) is 0 Å². The maximum absolute atomic E-state index is 13.6. The molecule has 0 saturated heterocycles. The van der Waals surface area contributed by atoms with Crippen LogP contribution >= 0.6 is 35.3 Å². The van der Waals surface area contributed by atoms with E-state index >= 15 is 0 Å². The van der Waals surface area contributed by atoms with Gasteiger partial charge in [-0.3, -0.25) is 4.99 Å². The zero-order chi connectivity index (χ0) is 19.2. The summed E-state index contributed by atoms with van der Waals surface area (Å²) in [5.41, 5.74) is 1.19. The van der Waals surface area contributed by atoms with Crippen LogP contribution in [0.4, 0.5) is 4.39 Å². The molecule has 150 valence electrons. The SMILES string of the molecule is CCc1ccc(CNC(=NC)NCc2cc(F)ccc2CS(C)(=O)=O)s1.I. The summed E-state index contributed by atoms with van der Waals surface area (Å²) in [6, 6.07) is 8.34. The Morgan fingerprint density at radius 2 is 1.78 bits per heavy atom. The van der Waals surface area contributed by atoms with Gasteiger partial charge in [0, 0.05) is 29.6 Å². The van der Waals surface area contributed by atoms with Crippen molar-refractivity contribution in [3.05, 3.63) is 57.0 Å². The summed E-state index contributed by atoms with van der Waals surface area (Å²) in [5, 5.41) is 6.33. The van der Waals surface area contributed by atoms with Crippen LogP contribution in [0, 0.1) is 5.82 Å². The number of sulfone groups is 1. The molecule has 0 atom stereocenters. The predicted molar refractivity (Wildman–Crippen MR) is 121 cm³/mol. The lowest BCUT2D eigenvalue weighted by atomic mass is 10.1. The minimum absolute atomic E-state index is 0. The van der Waals surface area contributed by atoms with Crippen molar-refractivity contribution in [2.45, 2.75) is 32.2 Å². The molecule has 2 N–H and O–H groups in total. The lowest BCUT2D eigenvalue weighted by Crippen LogP contribution is -2.36. The van der Waals surface area contributed by atoms with Gasteiger partial charge in [-0.1, -0.05) is 13.0 Å². The smallest absolute Gasteiger partial charge is 0.191 e. The third kappa shape index (κ3) is 8.14. The van der Waals surface area contributed by atoms with Gasteiger partial charge in [0.25, 0.3) is 0 Å². The summed E-state index contributed by atoms with van der Waals surface area (Å²) >= 11 is 1.75. The molecule has 2 rings (SSSR count). The predicted octanol–water partition coefficient (Wildman–Crippen LogP) is 3.48. The van der Waals surface area contributed by atoms with Crippen LogP contribution in [0.1, 0.15) is 27.8 Å². The van der Waals surface area contributed by atoms with Crippen LogP contribution in [0.25, 0.3) is 0 Å². The van der Waals surface area contributed by atoms with Gasteiger partial charge in [0.2, 0.25) is 0 Å². The Bertz CT molecular complexity index is 882. The van der Waals surface area contributed by atoms with E-state index in [-0.39, 0.29) is 36.3 Å². The number of guanidine groups is 1. The van der Waals surface area contributed by atoms with E-state index in [0.29, 0.717) is 23.6 Å². The second-order valence-electron chi connectivity index (χ2n) is 5.98. The summed E-state index contributed by atoms with van der Waals surface area (Å²) in [4.78, 5) is 6.69. The summed E-state index contributed by atoms with van der Waals surface area (Å²) < 4.78 is 36.7. The van der Waals surface area contributed by atoms with Crippen LogP contribution in [0.15, 0.2) is 35.3 Å². The molecule has 2 aromatic rings. The van der Waals surface area contributed by atoms with E-state index < -0.39 is 15.7 Å². The van der Waals surface area contributed by atoms with Gasteiger partial charge in [-0.05, 0) is 41.8 Å². The summed E-state index contributed by atoms with van der Waals surface area (Å²) in [6.45, 7) is 3.05. The van der Waals surface area contributed by atoms with Gasteiger partial charge in [-0.2, -0.15) is 0 Å². The second-order valence-corrected chi connectivity index (χ2v) is 9.38. The molecule has 0 spiro atoms. The molecule has 1 aromatic carbocycles. The normalized spacial score (nSPS) is 11.8. The fourth-order valence-corrected chi connectivity index (χ4v) is 4.20. The van der Waals surface area contributed by atoms with E-state index in [1.54, 1.807) is 18.4 Å². The second kappa shape index (κ2) is 11.0.